The molecule has 3 aromatic rings. The molecule has 0 aliphatic rings. The van der Waals surface area contributed by atoms with E-state index in [0.29, 0.717) is 25.1 Å². The fourth-order valence-corrected chi connectivity index (χ4v) is 2.60. The van der Waals surface area contributed by atoms with Crippen molar-refractivity contribution in [3.05, 3.63) is 95.3 Å². The van der Waals surface area contributed by atoms with Crippen molar-refractivity contribution in [2.75, 3.05) is 0 Å². The summed E-state index contributed by atoms with van der Waals surface area (Å²) in [5, 5.41) is 2.82. The molecule has 6 heteroatoms. The van der Waals surface area contributed by atoms with Gasteiger partial charge < -0.3 is 10.1 Å². The Labute approximate surface area is 162 Å². The Morgan fingerprint density at radius 2 is 1.75 bits per heavy atom. The molecule has 1 heterocycles. The zero-order chi connectivity index (χ0) is 19.8. The number of aromatic nitrogens is 1. The first-order chi connectivity index (χ1) is 13.6. The molecular weight excluding hydrogens is 362 g/mol. The molecule has 1 N–H and O–H groups in total. The van der Waals surface area contributed by atoms with Gasteiger partial charge in [-0.25, -0.2) is 8.78 Å². The highest BCUT2D eigenvalue weighted by Gasteiger charge is 2.06. The highest BCUT2D eigenvalue weighted by molar-refractivity contribution is 5.76. The van der Waals surface area contributed by atoms with E-state index in [1.54, 1.807) is 12.4 Å². The van der Waals surface area contributed by atoms with Gasteiger partial charge in [-0.2, -0.15) is 0 Å². The van der Waals surface area contributed by atoms with Crippen LogP contribution < -0.4 is 10.1 Å². The van der Waals surface area contributed by atoms with E-state index in [0.717, 1.165) is 29.0 Å². The summed E-state index contributed by atoms with van der Waals surface area (Å²) in [6, 6.07) is 14.9. The standard InChI is InChI=1S/C22H20F2N2O2/c23-20-9-5-16(12-21(20)24)6-10-22(27)26-14-17-3-7-19(8-4-17)28-15-18-2-1-11-25-13-18/h1-5,7-9,11-13H,6,10,14-15H2,(H,26,27). The molecule has 144 valence electrons. The lowest BCUT2D eigenvalue weighted by Gasteiger charge is -2.08. The number of ether oxygens (including phenoxy) is 1. The summed E-state index contributed by atoms with van der Waals surface area (Å²) >= 11 is 0. The highest BCUT2D eigenvalue weighted by atomic mass is 19.2. The zero-order valence-electron chi connectivity index (χ0n) is 15.2. The van der Waals surface area contributed by atoms with Crippen LogP contribution in [0.25, 0.3) is 0 Å². The van der Waals surface area contributed by atoms with E-state index in [2.05, 4.69) is 10.3 Å². The van der Waals surface area contributed by atoms with Crippen molar-refractivity contribution in [1.82, 2.24) is 10.3 Å². The SMILES string of the molecule is O=C(CCc1ccc(F)c(F)c1)NCc1ccc(OCc2cccnc2)cc1. The van der Waals surface area contributed by atoms with Gasteiger partial charge in [-0.1, -0.05) is 24.3 Å². The third-order valence-corrected chi connectivity index (χ3v) is 4.17. The molecular formula is C22H20F2N2O2. The van der Waals surface area contributed by atoms with E-state index >= 15 is 0 Å². The average molecular weight is 382 g/mol. The van der Waals surface area contributed by atoms with Crippen molar-refractivity contribution >= 4 is 5.91 Å². The molecule has 0 radical (unpaired) electrons. The van der Waals surface area contributed by atoms with Crippen molar-refractivity contribution in [3.63, 3.8) is 0 Å². The summed E-state index contributed by atoms with van der Waals surface area (Å²) in [7, 11) is 0. The second-order valence-electron chi connectivity index (χ2n) is 6.32. The van der Waals surface area contributed by atoms with E-state index in [4.69, 9.17) is 4.74 Å². The summed E-state index contributed by atoms with van der Waals surface area (Å²) in [6.07, 6.45) is 4.02. The Balaban J connectivity index is 1.41. The Hall–Kier alpha value is -3.28. The van der Waals surface area contributed by atoms with E-state index in [-0.39, 0.29) is 12.3 Å². The maximum absolute atomic E-state index is 13.2. The fourth-order valence-electron chi connectivity index (χ4n) is 2.60. The molecule has 0 fully saturated rings. The minimum Gasteiger partial charge on any atom is -0.489 e. The molecule has 0 unspecified atom stereocenters. The van der Waals surface area contributed by atoms with Gasteiger partial charge in [0.15, 0.2) is 11.6 Å². The summed E-state index contributed by atoms with van der Waals surface area (Å²) in [5.41, 5.74) is 2.51. The van der Waals surface area contributed by atoms with E-state index in [1.165, 1.54) is 6.07 Å². The maximum atomic E-state index is 13.2. The van der Waals surface area contributed by atoms with Gasteiger partial charge in [0.25, 0.3) is 0 Å². The largest absolute Gasteiger partial charge is 0.489 e. The van der Waals surface area contributed by atoms with Crippen molar-refractivity contribution in [2.24, 2.45) is 0 Å². The zero-order valence-corrected chi connectivity index (χ0v) is 15.2. The smallest absolute Gasteiger partial charge is 0.220 e. The monoisotopic (exact) mass is 382 g/mol. The summed E-state index contributed by atoms with van der Waals surface area (Å²) < 4.78 is 31.8. The molecule has 0 saturated carbocycles. The number of halogens is 2. The van der Waals surface area contributed by atoms with Crippen molar-refractivity contribution in [2.45, 2.75) is 26.0 Å². The number of hydrogen-bond acceptors (Lipinski definition) is 3. The molecule has 0 spiro atoms. The molecule has 3 rings (SSSR count). The van der Waals surface area contributed by atoms with Gasteiger partial charge in [0, 0.05) is 30.9 Å². The first-order valence-electron chi connectivity index (χ1n) is 8.91. The van der Waals surface area contributed by atoms with Crippen LogP contribution in [0, 0.1) is 11.6 Å². The normalized spacial score (nSPS) is 10.5. The van der Waals surface area contributed by atoms with Crippen LogP contribution in [-0.2, 0) is 24.4 Å². The van der Waals surface area contributed by atoms with Crippen LogP contribution in [-0.4, -0.2) is 10.9 Å². The Bertz CT molecular complexity index is 916. The minimum atomic E-state index is -0.899. The van der Waals surface area contributed by atoms with Crippen LogP contribution in [0.4, 0.5) is 8.78 Å². The predicted octanol–water partition coefficient (Wildman–Crippen LogP) is 4.19. The maximum Gasteiger partial charge on any atom is 0.220 e. The molecule has 0 saturated heterocycles. The lowest BCUT2D eigenvalue weighted by atomic mass is 10.1. The van der Waals surface area contributed by atoms with Gasteiger partial charge in [-0.3, -0.25) is 9.78 Å². The third-order valence-electron chi connectivity index (χ3n) is 4.17. The van der Waals surface area contributed by atoms with Gasteiger partial charge in [0.05, 0.1) is 0 Å². The van der Waals surface area contributed by atoms with Crippen molar-refractivity contribution < 1.29 is 18.3 Å². The fraction of sp³-hybridized carbons (Fsp3) is 0.182. The van der Waals surface area contributed by atoms with E-state index in [1.807, 2.05) is 36.4 Å². The summed E-state index contributed by atoms with van der Waals surface area (Å²) in [5.74, 6) is -1.20. The van der Waals surface area contributed by atoms with Crippen LogP contribution in [0.15, 0.2) is 67.0 Å². The highest BCUT2D eigenvalue weighted by Crippen LogP contribution is 2.14. The molecule has 0 aliphatic carbocycles. The van der Waals surface area contributed by atoms with Gasteiger partial charge in [-0.15, -0.1) is 0 Å². The molecule has 28 heavy (non-hydrogen) atoms. The summed E-state index contributed by atoms with van der Waals surface area (Å²) in [6.45, 7) is 0.827. The molecule has 0 bridgehead atoms. The molecule has 1 amide bonds. The van der Waals surface area contributed by atoms with E-state index < -0.39 is 11.6 Å². The van der Waals surface area contributed by atoms with E-state index in [9.17, 15) is 13.6 Å². The van der Waals surface area contributed by atoms with Gasteiger partial charge >= 0.3 is 0 Å². The third kappa shape index (κ3) is 5.87. The predicted molar refractivity (Wildman–Crippen MR) is 102 cm³/mol. The van der Waals surface area contributed by atoms with Crippen LogP contribution in [0.5, 0.6) is 5.75 Å². The number of nitrogens with one attached hydrogen (secondary N) is 1. The number of carbonyl (C=O) groups excluding carboxylic acids is 1. The average Bonchev–Trinajstić information content (AvgIpc) is 2.73. The molecule has 1 aromatic heterocycles. The Kier molecular flexibility index (Phi) is 6.68. The lowest BCUT2D eigenvalue weighted by molar-refractivity contribution is -0.121. The number of nitrogens with zero attached hydrogens (tertiary/aromatic N) is 1. The second kappa shape index (κ2) is 9.60. The molecule has 0 aliphatic heterocycles. The Morgan fingerprint density at radius 1 is 0.964 bits per heavy atom. The number of pyridine rings is 1. The number of aryl methyl sites for hydroxylation is 1. The summed E-state index contributed by atoms with van der Waals surface area (Å²) in [4.78, 5) is 16.0. The second-order valence-corrected chi connectivity index (χ2v) is 6.32. The first kappa shape index (κ1) is 19.5. The number of rotatable bonds is 8. The van der Waals surface area contributed by atoms with Gasteiger partial charge in [0.2, 0.25) is 5.91 Å². The Morgan fingerprint density at radius 3 is 2.46 bits per heavy atom. The van der Waals surface area contributed by atoms with Gasteiger partial charge in [-0.05, 0) is 47.9 Å². The number of benzene rings is 2. The number of amides is 1. The molecule has 0 atom stereocenters. The van der Waals surface area contributed by atoms with Crippen molar-refractivity contribution in [3.8, 4) is 5.75 Å². The lowest BCUT2D eigenvalue weighted by Crippen LogP contribution is -2.23. The van der Waals surface area contributed by atoms with Crippen LogP contribution in [0.1, 0.15) is 23.1 Å². The number of carbonyl (C=O) groups is 1. The first-order valence-corrected chi connectivity index (χ1v) is 8.91. The molecule has 2 aromatic carbocycles. The topological polar surface area (TPSA) is 51.2 Å². The molecule has 4 nitrogen and oxygen atoms in total. The quantitative estimate of drug-likeness (QED) is 0.636. The number of hydrogen-bond donors (Lipinski definition) is 1. The van der Waals surface area contributed by atoms with Crippen LogP contribution >= 0.6 is 0 Å². The van der Waals surface area contributed by atoms with Crippen LogP contribution in [0.2, 0.25) is 0 Å². The minimum absolute atomic E-state index is 0.151. The van der Waals surface area contributed by atoms with Gasteiger partial charge in [0.1, 0.15) is 12.4 Å². The van der Waals surface area contributed by atoms with Crippen molar-refractivity contribution in [1.29, 1.82) is 0 Å². The van der Waals surface area contributed by atoms with Crippen LogP contribution in [0.3, 0.4) is 0 Å².